The number of hydrogen-bond acceptors (Lipinski definition) is 7. The van der Waals surface area contributed by atoms with Gasteiger partial charge in [0.2, 0.25) is 15.6 Å². The maximum absolute atomic E-state index is 13.5. The van der Waals surface area contributed by atoms with E-state index in [9.17, 15) is 13.2 Å². The molecular weight excluding hydrogens is 494 g/mol. The lowest BCUT2D eigenvalue weighted by Crippen LogP contribution is -2.07. The van der Waals surface area contributed by atoms with Crippen LogP contribution in [0.1, 0.15) is 22.3 Å². The first kappa shape index (κ1) is 22.5. The second-order valence-electron chi connectivity index (χ2n) is 8.28. The van der Waals surface area contributed by atoms with E-state index in [4.69, 9.17) is 4.74 Å². The lowest BCUT2D eigenvalue weighted by Gasteiger charge is -2.21. The fraction of sp³-hybridized carbons (Fsp3) is 0.0741. The van der Waals surface area contributed by atoms with Crippen molar-refractivity contribution in [3.63, 3.8) is 0 Å². The topological polar surface area (TPSA) is 90.6 Å². The summed E-state index contributed by atoms with van der Waals surface area (Å²) < 4.78 is 34.7. The number of aryl methyl sites for hydroxylation is 1. The highest BCUT2D eigenvalue weighted by atomic mass is 32.2. The first-order valence-electron chi connectivity index (χ1n) is 11.2. The molecule has 0 fully saturated rings. The number of nitrogens with zero attached hydrogens (tertiary/aromatic N) is 3. The third kappa shape index (κ3) is 4.06. The molecule has 3 aromatic carbocycles. The Morgan fingerprint density at radius 2 is 1.75 bits per heavy atom. The molecular formula is C27H19N3O4S2. The molecule has 0 aliphatic carbocycles. The second kappa shape index (κ2) is 8.92. The number of ketones is 1. The normalized spacial score (nSPS) is 12.6. The van der Waals surface area contributed by atoms with Crippen LogP contribution in [0.4, 0.5) is 0 Å². The number of ether oxygens (including phenoxy) is 1. The minimum absolute atomic E-state index is 0.0411. The number of benzene rings is 3. The van der Waals surface area contributed by atoms with Crippen LogP contribution < -0.4 is 4.74 Å². The van der Waals surface area contributed by atoms with Crippen LogP contribution in [-0.4, -0.2) is 28.6 Å². The number of hydrogen-bond donors (Lipinski definition) is 0. The average molecular weight is 514 g/mol. The van der Waals surface area contributed by atoms with Gasteiger partial charge < -0.3 is 4.74 Å². The zero-order valence-electron chi connectivity index (χ0n) is 18.9. The van der Waals surface area contributed by atoms with Crippen LogP contribution in [0, 0.1) is 0 Å². The molecule has 5 aromatic rings. The smallest absolute Gasteiger partial charge is 0.233 e. The molecule has 0 saturated heterocycles. The van der Waals surface area contributed by atoms with Gasteiger partial charge in [0.1, 0.15) is 10.6 Å². The summed E-state index contributed by atoms with van der Waals surface area (Å²) in [7, 11) is -3.81. The van der Waals surface area contributed by atoms with Gasteiger partial charge in [-0.15, -0.1) is 0 Å². The summed E-state index contributed by atoms with van der Waals surface area (Å²) in [4.78, 5) is 22.9. The number of sulfone groups is 1. The standard InChI is InChI=1S/C27H19N3O4S2/c31-21(19-16-29-27-28-14-15-30(27)17-19)13-10-18-8-11-20(12-9-18)36(32,33)25-7-3-6-24-26(25)34-22-4-1-2-5-23(22)35-24/h1-9,11-12,14-17H,10,13H2. The van der Waals surface area contributed by atoms with Gasteiger partial charge in [0.25, 0.3) is 0 Å². The third-order valence-corrected chi connectivity index (χ3v) is 8.85. The van der Waals surface area contributed by atoms with Crippen molar-refractivity contribution in [2.75, 3.05) is 0 Å². The summed E-state index contributed by atoms with van der Waals surface area (Å²) in [6.07, 6.45) is 7.38. The summed E-state index contributed by atoms with van der Waals surface area (Å²) in [6, 6.07) is 19.4. The largest absolute Gasteiger partial charge is 0.454 e. The summed E-state index contributed by atoms with van der Waals surface area (Å²) in [5.74, 6) is 1.48. The number of aromatic nitrogens is 3. The Bertz CT molecular complexity index is 1730. The van der Waals surface area contributed by atoms with Crippen molar-refractivity contribution in [1.29, 1.82) is 0 Å². The first-order valence-corrected chi connectivity index (χ1v) is 13.5. The predicted molar refractivity (Wildman–Crippen MR) is 135 cm³/mol. The van der Waals surface area contributed by atoms with Crippen molar-refractivity contribution < 1.29 is 17.9 Å². The lowest BCUT2D eigenvalue weighted by atomic mass is 10.0. The van der Waals surface area contributed by atoms with Gasteiger partial charge in [-0.3, -0.25) is 9.20 Å². The molecule has 2 aromatic heterocycles. The van der Waals surface area contributed by atoms with Gasteiger partial charge in [-0.05, 0) is 48.4 Å². The first-order chi connectivity index (χ1) is 17.5. The van der Waals surface area contributed by atoms with Crippen molar-refractivity contribution >= 4 is 33.2 Å². The number of fused-ring (bicyclic) bond motifs is 3. The molecule has 0 radical (unpaired) electrons. The van der Waals surface area contributed by atoms with Crippen molar-refractivity contribution in [2.45, 2.75) is 32.4 Å². The SMILES string of the molecule is O=C(CCc1ccc(S(=O)(=O)c2cccc3c2Oc2ccccc2S3)cc1)c1cnc2nccn2c1. The quantitative estimate of drug-likeness (QED) is 0.266. The number of Topliss-reactive ketones (excluding diaryl/α,β-unsaturated/α-hetero) is 1. The van der Waals surface area contributed by atoms with E-state index in [0.717, 1.165) is 15.4 Å². The summed E-state index contributed by atoms with van der Waals surface area (Å²) in [5, 5.41) is 0. The van der Waals surface area contributed by atoms with Gasteiger partial charge in [0.05, 0.1) is 20.2 Å². The van der Waals surface area contributed by atoms with Gasteiger partial charge in [0.15, 0.2) is 11.5 Å². The Hall–Kier alpha value is -3.95. The van der Waals surface area contributed by atoms with Crippen LogP contribution in [0.2, 0.25) is 0 Å². The minimum atomic E-state index is -3.81. The molecule has 0 bridgehead atoms. The fourth-order valence-corrected chi connectivity index (χ4v) is 6.51. The summed E-state index contributed by atoms with van der Waals surface area (Å²) in [6.45, 7) is 0. The van der Waals surface area contributed by atoms with Crippen molar-refractivity contribution in [2.24, 2.45) is 0 Å². The molecule has 0 amide bonds. The molecule has 0 saturated carbocycles. The number of para-hydroxylation sites is 2. The Balaban J connectivity index is 1.20. The second-order valence-corrected chi connectivity index (χ2v) is 11.3. The van der Waals surface area contributed by atoms with Crippen LogP contribution in [0.25, 0.3) is 5.78 Å². The molecule has 3 heterocycles. The van der Waals surface area contributed by atoms with Crippen LogP contribution >= 0.6 is 11.8 Å². The van der Waals surface area contributed by atoms with E-state index in [-0.39, 0.29) is 22.0 Å². The van der Waals surface area contributed by atoms with Gasteiger partial charge >= 0.3 is 0 Å². The lowest BCUT2D eigenvalue weighted by molar-refractivity contribution is 0.0982. The molecule has 1 aliphatic heterocycles. The highest BCUT2D eigenvalue weighted by molar-refractivity contribution is 7.99. The fourth-order valence-electron chi connectivity index (χ4n) is 4.06. The number of carbonyl (C=O) groups excluding carboxylic acids is 1. The van der Waals surface area contributed by atoms with Gasteiger partial charge in [-0.25, -0.2) is 18.4 Å². The molecule has 1 aliphatic rings. The van der Waals surface area contributed by atoms with Gasteiger partial charge in [-0.2, -0.15) is 0 Å². The Morgan fingerprint density at radius 3 is 2.61 bits per heavy atom. The zero-order chi connectivity index (χ0) is 24.7. The van der Waals surface area contributed by atoms with Crippen LogP contribution in [-0.2, 0) is 16.3 Å². The number of carbonyl (C=O) groups is 1. The molecule has 6 rings (SSSR count). The van der Waals surface area contributed by atoms with Crippen molar-refractivity contribution in [3.8, 4) is 11.5 Å². The predicted octanol–water partition coefficient (Wildman–Crippen LogP) is 5.63. The highest BCUT2D eigenvalue weighted by Crippen LogP contribution is 2.49. The number of imidazole rings is 1. The Morgan fingerprint density at radius 1 is 0.944 bits per heavy atom. The Labute approximate surface area is 211 Å². The molecule has 0 N–H and O–H groups in total. The minimum Gasteiger partial charge on any atom is -0.454 e. The summed E-state index contributed by atoms with van der Waals surface area (Å²) >= 11 is 1.49. The van der Waals surface area contributed by atoms with Gasteiger partial charge in [-0.1, -0.05) is 42.1 Å². The zero-order valence-corrected chi connectivity index (χ0v) is 20.5. The molecule has 0 unspecified atom stereocenters. The van der Waals surface area contributed by atoms with E-state index in [2.05, 4.69) is 9.97 Å². The van der Waals surface area contributed by atoms with E-state index in [1.54, 1.807) is 59.4 Å². The van der Waals surface area contributed by atoms with Crippen molar-refractivity contribution in [3.05, 3.63) is 103 Å². The van der Waals surface area contributed by atoms with E-state index < -0.39 is 9.84 Å². The van der Waals surface area contributed by atoms with E-state index in [0.29, 0.717) is 29.3 Å². The average Bonchev–Trinajstić information content (AvgIpc) is 3.38. The van der Waals surface area contributed by atoms with Crippen molar-refractivity contribution in [1.82, 2.24) is 14.4 Å². The highest BCUT2D eigenvalue weighted by Gasteiger charge is 2.28. The third-order valence-electron chi connectivity index (χ3n) is 5.96. The van der Waals surface area contributed by atoms with Crippen LogP contribution in [0.3, 0.4) is 0 Å². The molecule has 36 heavy (non-hydrogen) atoms. The Kier molecular flexibility index (Phi) is 5.58. The van der Waals surface area contributed by atoms with Gasteiger partial charge in [0, 0.05) is 31.2 Å². The summed E-state index contributed by atoms with van der Waals surface area (Å²) in [5.41, 5.74) is 1.38. The molecule has 178 valence electrons. The molecule has 7 nitrogen and oxygen atoms in total. The van der Waals surface area contributed by atoms with Crippen LogP contribution in [0.15, 0.2) is 111 Å². The monoisotopic (exact) mass is 513 g/mol. The van der Waals surface area contributed by atoms with E-state index in [1.165, 1.54) is 18.0 Å². The molecule has 9 heteroatoms. The molecule has 0 atom stereocenters. The maximum Gasteiger partial charge on any atom is 0.233 e. The van der Waals surface area contributed by atoms with E-state index >= 15 is 0 Å². The maximum atomic E-state index is 13.5. The van der Waals surface area contributed by atoms with E-state index in [1.807, 2.05) is 30.3 Å². The number of rotatable bonds is 6. The molecule has 0 spiro atoms. The van der Waals surface area contributed by atoms with Crippen LogP contribution in [0.5, 0.6) is 11.5 Å².